The van der Waals surface area contributed by atoms with E-state index in [2.05, 4.69) is 10.3 Å². The number of hydrogen-bond donors (Lipinski definition) is 1. The Morgan fingerprint density at radius 3 is 3.23 bits per heavy atom. The van der Waals surface area contributed by atoms with E-state index < -0.39 is 0 Å². The number of nitrogens with zero attached hydrogens (tertiary/aromatic N) is 1. The molecule has 1 saturated heterocycles. The van der Waals surface area contributed by atoms with Crippen LogP contribution in [0.25, 0.3) is 0 Å². The van der Waals surface area contributed by atoms with E-state index in [1.807, 2.05) is 0 Å². The van der Waals surface area contributed by atoms with Gasteiger partial charge in [-0.05, 0) is 24.3 Å². The van der Waals surface area contributed by atoms with Gasteiger partial charge in [-0.1, -0.05) is 0 Å². The lowest BCUT2D eigenvalue weighted by Crippen LogP contribution is -2.18. The smallest absolute Gasteiger partial charge is 0.276 e. The van der Waals surface area contributed by atoms with Crippen molar-refractivity contribution in [1.82, 2.24) is 10.3 Å². The topological polar surface area (TPSA) is 43.4 Å². The van der Waals surface area contributed by atoms with Gasteiger partial charge >= 0.3 is 0 Å². The molecule has 1 fully saturated rings. The normalized spacial score (nSPS) is 21.8. The van der Waals surface area contributed by atoms with Crippen molar-refractivity contribution in [3.05, 3.63) is 6.20 Å². The molecular weight excluding hydrogens is 188 g/mol. The first-order chi connectivity index (χ1) is 6.38. The Hall–Kier alpha value is -0.810. The SMILES string of the molecule is COc1ncc(OC2CCNC2)s1. The molecule has 72 valence electrons. The molecule has 4 nitrogen and oxygen atoms in total. The molecule has 0 aliphatic carbocycles. The van der Waals surface area contributed by atoms with Gasteiger partial charge in [0.25, 0.3) is 5.19 Å². The van der Waals surface area contributed by atoms with Crippen molar-refractivity contribution >= 4 is 11.3 Å². The number of thiazole rings is 1. The van der Waals surface area contributed by atoms with Crippen molar-refractivity contribution in [2.24, 2.45) is 0 Å². The van der Waals surface area contributed by atoms with Crippen LogP contribution in [0.4, 0.5) is 0 Å². The maximum Gasteiger partial charge on any atom is 0.276 e. The lowest BCUT2D eigenvalue weighted by Gasteiger charge is -2.08. The predicted molar refractivity (Wildman–Crippen MR) is 50.6 cm³/mol. The highest BCUT2D eigenvalue weighted by molar-refractivity contribution is 7.15. The number of ether oxygens (including phenoxy) is 2. The molecule has 1 aromatic rings. The summed E-state index contributed by atoms with van der Waals surface area (Å²) in [5, 5.41) is 4.73. The van der Waals surface area contributed by atoms with Gasteiger partial charge in [-0.2, -0.15) is 0 Å². The highest BCUT2D eigenvalue weighted by Crippen LogP contribution is 2.28. The third-order valence-electron chi connectivity index (χ3n) is 1.94. The van der Waals surface area contributed by atoms with Crippen LogP contribution in [0, 0.1) is 0 Å². The maximum absolute atomic E-state index is 5.67. The summed E-state index contributed by atoms with van der Waals surface area (Å²) in [5.74, 6) is 0. The molecule has 13 heavy (non-hydrogen) atoms. The van der Waals surface area contributed by atoms with Gasteiger partial charge in [0, 0.05) is 6.54 Å². The second kappa shape index (κ2) is 3.93. The zero-order valence-corrected chi connectivity index (χ0v) is 8.26. The van der Waals surface area contributed by atoms with Crippen LogP contribution in [0.2, 0.25) is 0 Å². The molecule has 1 N–H and O–H groups in total. The zero-order valence-electron chi connectivity index (χ0n) is 7.45. The van der Waals surface area contributed by atoms with Gasteiger partial charge in [-0.3, -0.25) is 0 Å². The molecular formula is C8H12N2O2S. The first kappa shape index (κ1) is 8.77. The molecule has 0 bridgehead atoms. The third kappa shape index (κ3) is 2.10. The number of hydrogen-bond acceptors (Lipinski definition) is 5. The Morgan fingerprint density at radius 2 is 2.62 bits per heavy atom. The molecule has 1 aliphatic rings. The minimum Gasteiger partial charge on any atom is -0.478 e. The predicted octanol–water partition coefficient (Wildman–Crippen LogP) is 0.892. The summed E-state index contributed by atoms with van der Waals surface area (Å²) in [6, 6.07) is 0. The average molecular weight is 200 g/mol. The van der Waals surface area contributed by atoms with E-state index in [0.717, 1.165) is 24.6 Å². The van der Waals surface area contributed by atoms with Crippen molar-refractivity contribution in [1.29, 1.82) is 0 Å². The largest absolute Gasteiger partial charge is 0.478 e. The second-order valence-corrected chi connectivity index (χ2v) is 3.84. The van der Waals surface area contributed by atoms with Crippen LogP contribution < -0.4 is 14.8 Å². The van der Waals surface area contributed by atoms with E-state index in [0.29, 0.717) is 11.3 Å². The highest BCUT2D eigenvalue weighted by atomic mass is 32.1. The Bertz CT molecular complexity index is 271. The van der Waals surface area contributed by atoms with Crippen molar-refractivity contribution < 1.29 is 9.47 Å². The molecule has 0 spiro atoms. The van der Waals surface area contributed by atoms with Crippen LogP contribution in [-0.4, -0.2) is 31.3 Å². The lowest BCUT2D eigenvalue weighted by atomic mass is 10.3. The summed E-state index contributed by atoms with van der Waals surface area (Å²) in [6.45, 7) is 1.97. The maximum atomic E-state index is 5.67. The fraction of sp³-hybridized carbons (Fsp3) is 0.625. The van der Waals surface area contributed by atoms with Crippen LogP contribution in [-0.2, 0) is 0 Å². The minimum absolute atomic E-state index is 0.296. The van der Waals surface area contributed by atoms with Gasteiger partial charge in [-0.25, -0.2) is 4.98 Å². The average Bonchev–Trinajstić information content (AvgIpc) is 2.76. The van der Waals surface area contributed by atoms with Crippen molar-refractivity contribution in [2.75, 3.05) is 20.2 Å². The summed E-state index contributed by atoms with van der Waals surface area (Å²) in [7, 11) is 1.61. The number of aromatic nitrogens is 1. The first-order valence-corrected chi connectivity index (χ1v) is 5.07. The summed E-state index contributed by atoms with van der Waals surface area (Å²) >= 11 is 1.44. The fourth-order valence-electron chi connectivity index (χ4n) is 1.29. The summed E-state index contributed by atoms with van der Waals surface area (Å²) < 4.78 is 10.6. The van der Waals surface area contributed by atoms with E-state index in [-0.39, 0.29) is 0 Å². The summed E-state index contributed by atoms with van der Waals surface area (Å²) in [6.07, 6.45) is 3.08. The number of nitrogens with one attached hydrogen (secondary N) is 1. The van der Waals surface area contributed by atoms with E-state index in [4.69, 9.17) is 9.47 Å². The van der Waals surface area contributed by atoms with Gasteiger partial charge in [0.2, 0.25) is 0 Å². The Kier molecular flexibility index (Phi) is 2.65. The second-order valence-electron chi connectivity index (χ2n) is 2.88. The van der Waals surface area contributed by atoms with Gasteiger partial charge < -0.3 is 14.8 Å². The van der Waals surface area contributed by atoms with Gasteiger partial charge in [0.1, 0.15) is 6.10 Å². The van der Waals surface area contributed by atoms with Crippen LogP contribution in [0.3, 0.4) is 0 Å². The Labute approximate surface area is 80.9 Å². The monoisotopic (exact) mass is 200 g/mol. The molecule has 5 heteroatoms. The zero-order chi connectivity index (χ0) is 9.10. The molecule has 1 unspecified atom stereocenters. The Morgan fingerprint density at radius 1 is 1.69 bits per heavy atom. The standard InChI is InChI=1S/C8H12N2O2S/c1-11-8-10-5-7(13-8)12-6-2-3-9-4-6/h5-6,9H,2-4H2,1H3. The van der Waals surface area contributed by atoms with Gasteiger partial charge in [0.15, 0.2) is 5.06 Å². The number of rotatable bonds is 3. The molecule has 0 radical (unpaired) electrons. The highest BCUT2D eigenvalue weighted by Gasteiger charge is 2.17. The molecule has 0 aromatic carbocycles. The van der Waals surface area contributed by atoms with Crippen molar-refractivity contribution in [3.63, 3.8) is 0 Å². The van der Waals surface area contributed by atoms with Gasteiger partial charge in [-0.15, -0.1) is 0 Å². The fourth-order valence-corrected chi connectivity index (χ4v) is 1.94. The number of methoxy groups -OCH3 is 1. The molecule has 0 saturated carbocycles. The van der Waals surface area contributed by atoms with E-state index >= 15 is 0 Å². The minimum atomic E-state index is 0.296. The Balaban J connectivity index is 1.92. The molecule has 2 heterocycles. The van der Waals surface area contributed by atoms with Crippen LogP contribution in [0.5, 0.6) is 10.3 Å². The molecule has 1 aliphatic heterocycles. The summed E-state index contributed by atoms with van der Waals surface area (Å²) in [5.41, 5.74) is 0. The van der Waals surface area contributed by atoms with Gasteiger partial charge in [0.05, 0.1) is 13.3 Å². The van der Waals surface area contributed by atoms with Crippen molar-refractivity contribution in [2.45, 2.75) is 12.5 Å². The van der Waals surface area contributed by atoms with Crippen molar-refractivity contribution in [3.8, 4) is 10.3 Å². The molecule has 2 rings (SSSR count). The molecule has 0 amide bonds. The summed E-state index contributed by atoms with van der Waals surface area (Å²) in [4.78, 5) is 4.03. The van der Waals surface area contributed by atoms with Crippen LogP contribution in [0.15, 0.2) is 6.20 Å². The molecule has 1 atom stereocenters. The van der Waals surface area contributed by atoms with Crippen LogP contribution >= 0.6 is 11.3 Å². The quantitative estimate of drug-likeness (QED) is 0.787. The van der Waals surface area contributed by atoms with E-state index in [1.165, 1.54) is 11.3 Å². The van der Waals surface area contributed by atoms with E-state index in [9.17, 15) is 0 Å². The lowest BCUT2D eigenvalue weighted by molar-refractivity contribution is 0.229. The third-order valence-corrected chi connectivity index (χ3v) is 2.79. The van der Waals surface area contributed by atoms with E-state index in [1.54, 1.807) is 13.3 Å². The molecule has 1 aromatic heterocycles. The first-order valence-electron chi connectivity index (χ1n) is 4.25. The van der Waals surface area contributed by atoms with Crippen LogP contribution in [0.1, 0.15) is 6.42 Å².